The number of nitrogens with two attached hydrogens (primary N) is 1. The molecule has 2 aromatic carbocycles. The van der Waals surface area contributed by atoms with Crippen molar-refractivity contribution in [2.24, 2.45) is 5.73 Å². The Kier molecular flexibility index (Phi) is 3.03. The minimum absolute atomic E-state index is 0.386. The molecule has 0 heterocycles. The lowest BCUT2D eigenvalue weighted by Crippen LogP contribution is -2.41. The van der Waals surface area contributed by atoms with Crippen molar-refractivity contribution in [3.63, 3.8) is 0 Å². The highest BCUT2D eigenvalue weighted by Crippen LogP contribution is 2.39. The van der Waals surface area contributed by atoms with Gasteiger partial charge in [0.2, 0.25) is 0 Å². The summed E-state index contributed by atoms with van der Waals surface area (Å²) in [6.07, 6.45) is 3.24. The smallest absolute Gasteiger partial charge is 0.119 e. The Balaban J connectivity index is 2.13. The van der Waals surface area contributed by atoms with E-state index >= 15 is 0 Å². The average molecular weight is 253 g/mol. The zero-order valence-corrected chi connectivity index (χ0v) is 11.2. The predicted octanol–water partition coefficient (Wildman–Crippen LogP) is 3.23. The maximum Gasteiger partial charge on any atom is 0.119 e. The van der Waals surface area contributed by atoms with Gasteiger partial charge in [0.15, 0.2) is 0 Å². The number of rotatable bonds is 2. The Hall–Kier alpha value is -1.80. The molecule has 19 heavy (non-hydrogen) atoms. The fourth-order valence-corrected chi connectivity index (χ4v) is 3.07. The molecule has 98 valence electrons. The molecule has 0 fully saturated rings. The van der Waals surface area contributed by atoms with Crippen molar-refractivity contribution >= 4 is 0 Å². The topological polar surface area (TPSA) is 35.2 Å². The predicted molar refractivity (Wildman–Crippen MR) is 77.3 cm³/mol. The average Bonchev–Trinajstić information content (AvgIpc) is 2.48. The number of benzene rings is 2. The van der Waals surface area contributed by atoms with Crippen molar-refractivity contribution in [1.29, 1.82) is 0 Å². The van der Waals surface area contributed by atoms with Gasteiger partial charge >= 0.3 is 0 Å². The molecule has 1 aliphatic carbocycles. The summed E-state index contributed by atoms with van der Waals surface area (Å²) in [5, 5.41) is 0. The monoisotopic (exact) mass is 253 g/mol. The summed E-state index contributed by atoms with van der Waals surface area (Å²) in [7, 11) is 1.69. The van der Waals surface area contributed by atoms with E-state index in [9.17, 15) is 0 Å². The van der Waals surface area contributed by atoms with Crippen LogP contribution in [0.2, 0.25) is 0 Å². The van der Waals surface area contributed by atoms with Crippen LogP contribution in [0.25, 0.3) is 0 Å². The van der Waals surface area contributed by atoms with Crippen molar-refractivity contribution < 1.29 is 4.74 Å². The van der Waals surface area contributed by atoms with Crippen LogP contribution in [0.1, 0.15) is 29.5 Å². The highest BCUT2D eigenvalue weighted by atomic mass is 16.5. The van der Waals surface area contributed by atoms with Crippen LogP contribution >= 0.6 is 0 Å². The Morgan fingerprint density at radius 1 is 1.11 bits per heavy atom. The van der Waals surface area contributed by atoms with E-state index in [-0.39, 0.29) is 5.54 Å². The number of aryl methyl sites for hydroxylation is 1. The quantitative estimate of drug-likeness (QED) is 0.891. The lowest BCUT2D eigenvalue weighted by Gasteiger charge is -2.36. The Morgan fingerprint density at radius 3 is 2.79 bits per heavy atom. The van der Waals surface area contributed by atoms with E-state index in [1.807, 2.05) is 12.1 Å². The molecule has 2 heteroatoms. The molecule has 1 aliphatic rings. The van der Waals surface area contributed by atoms with Crippen LogP contribution < -0.4 is 10.5 Å². The molecule has 1 atom stereocenters. The Bertz CT molecular complexity index is 593. The number of fused-ring (bicyclic) bond motifs is 1. The summed E-state index contributed by atoms with van der Waals surface area (Å²) in [6.45, 7) is 0. The third-order valence-corrected chi connectivity index (χ3v) is 4.10. The maximum atomic E-state index is 6.76. The van der Waals surface area contributed by atoms with Crippen molar-refractivity contribution in [3.05, 3.63) is 65.2 Å². The standard InChI is InChI=1S/C17H19NO/c1-19-15-9-4-8-14(12-15)17(18)11-5-7-13-6-2-3-10-16(13)17/h2-4,6,8-10,12H,5,7,11,18H2,1H3. The van der Waals surface area contributed by atoms with Crippen LogP contribution in [-0.2, 0) is 12.0 Å². The third-order valence-electron chi connectivity index (χ3n) is 4.10. The second kappa shape index (κ2) is 4.71. The van der Waals surface area contributed by atoms with Crippen molar-refractivity contribution in [2.75, 3.05) is 7.11 Å². The molecule has 0 saturated carbocycles. The van der Waals surface area contributed by atoms with Gasteiger partial charge in [0.1, 0.15) is 5.75 Å². The molecule has 0 spiro atoms. The van der Waals surface area contributed by atoms with Gasteiger partial charge < -0.3 is 10.5 Å². The van der Waals surface area contributed by atoms with Crippen molar-refractivity contribution in [3.8, 4) is 5.75 Å². The van der Waals surface area contributed by atoms with E-state index < -0.39 is 0 Å². The fourth-order valence-electron chi connectivity index (χ4n) is 3.07. The molecular formula is C17H19NO. The van der Waals surface area contributed by atoms with Gasteiger partial charge in [0, 0.05) is 0 Å². The first-order valence-corrected chi connectivity index (χ1v) is 6.76. The second-order valence-corrected chi connectivity index (χ2v) is 5.21. The van der Waals surface area contributed by atoms with Crippen LogP contribution in [0.5, 0.6) is 5.75 Å². The van der Waals surface area contributed by atoms with E-state index in [1.165, 1.54) is 11.1 Å². The number of hydrogen-bond donors (Lipinski definition) is 1. The second-order valence-electron chi connectivity index (χ2n) is 5.21. The van der Waals surface area contributed by atoms with Crippen LogP contribution in [-0.4, -0.2) is 7.11 Å². The van der Waals surface area contributed by atoms with Gasteiger partial charge in [-0.3, -0.25) is 0 Å². The highest BCUT2D eigenvalue weighted by molar-refractivity contribution is 5.46. The summed E-state index contributed by atoms with van der Waals surface area (Å²) in [6, 6.07) is 16.7. The van der Waals surface area contributed by atoms with Crippen LogP contribution in [0.3, 0.4) is 0 Å². The molecule has 0 amide bonds. The van der Waals surface area contributed by atoms with Gasteiger partial charge in [-0.2, -0.15) is 0 Å². The molecule has 3 rings (SSSR count). The van der Waals surface area contributed by atoms with Crippen LogP contribution in [0, 0.1) is 0 Å². The van der Waals surface area contributed by atoms with E-state index in [0.29, 0.717) is 0 Å². The number of ether oxygens (including phenoxy) is 1. The molecule has 2 aromatic rings. The minimum atomic E-state index is -0.386. The minimum Gasteiger partial charge on any atom is -0.497 e. The molecule has 0 aromatic heterocycles. The van der Waals surface area contributed by atoms with E-state index in [1.54, 1.807) is 7.11 Å². The Labute approximate surface area is 114 Å². The molecule has 1 unspecified atom stereocenters. The zero-order chi connectivity index (χ0) is 13.3. The summed E-state index contributed by atoms with van der Waals surface area (Å²) in [4.78, 5) is 0. The SMILES string of the molecule is COc1cccc(C2(N)CCCc3ccccc32)c1. The Morgan fingerprint density at radius 2 is 1.95 bits per heavy atom. The summed E-state index contributed by atoms with van der Waals surface area (Å²) in [5.41, 5.74) is 10.1. The van der Waals surface area contributed by atoms with Crippen molar-refractivity contribution in [2.45, 2.75) is 24.8 Å². The van der Waals surface area contributed by atoms with Gasteiger partial charge in [0.25, 0.3) is 0 Å². The van der Waals surface area contributed by atoms with Gasteiger partial charge in [-0.25, -0.2) is 0 Å². The fraction of sp³-hybridized carbons (Fsp3) is 0.294. The van der Waals surface area contributed by atoms with E-state index in [0.717, 1.165) is 30.6 Å². The molecule has 2 N–H and O–H groups in total. The van der Waals surface area contributed by atoms with Crippen molar-refractivity contribution in [1.82, 2.24) is 0 Å². The summed E-state index contributed by atoms with van der Waals surface area (Å²) in [5.74, 6) is 0.866. The van der Waals surface area contributed by atoms with Crippen LogP contribution in [0.4, 0.5) is 0 Å². The normalized spacial score (nSPS) is 21.8. The lowest BCUT2D eigenvalue weighted by atomic mass is 9.73. The number of methoxy groups -OCH3 is 1. The summed E-state index contributed by atoms with van der Waals surface area (Å²) < 4.78 is 5.32. The van der Waals surface area contributed by atoms with E-state index in [4.69, 9.17) is 10.5 Å². The van der Waals surface area contributed by atoms with Gasteiger partial charge in [-0.05, 0) is 48.1 Å². The first kappa shape index (κ1) is 12.2. The lowest BCUT2D eigenvalue weighted by molar-refractivity contribution is 0.407. The highest BCUT2D eigenvalue weighted by Gasteiger charge is 2.34. The molecular weight excluding hydrogens is 234 g/mol. The largest absolute Gasteiger partial charge is 0.497 e. The van der Waals surface area contributed by atoms with Gasteiger partial charge in [0.05, 0.1) is 12.6 Å². The maximum absolute atomic E-state index is 6.76. The number of hydrogen-bond acceptors (Lipinski definition) is 2. The first-order chi connectivity index (χ1) is 9.24. The third kappa shape index (κ3) is 2.02. The molecule has 0 bridgehead atoms. The molecule has 0 aliphatic heterocycles. The zero-order valence-electron chi connectivity index (χ0n) is 11.2. The van der Waals surface area contributed by atoms with Gasteiger partial charge in [-0.15, -0.1) is 0 Å². The molecule has 0 saturated heterocycles. The van der Waals surface area contributed by atoms with Crippen LogP contribution in [0.15, 0.2) is 48.5 Å². The van der Waals surface area contributed by atoms with Gasteiger partial charge in [-0.1, -0.05) is 36.4 Å². The first-order valence-electron chi connectivity index (χ1n) is 6.76. The summed E-state index contributed by atoms with van der Waals surface area (Å²) >= 11 is 0. The molecule has 0 radical (unpaired) electrons. The van der Waals surface area contributed by atoms with E-state index in [2.05, 4.69) is 36.4 Å². The molecule has 2 nitrogen and oxygen atoms in total.